The predicted molar refractivity (Wildman–Crippen MR) is 131 cm³/mol. The first-order valence-electron chi connectivity index (χ1n) is 12.5. The Bertz CT molecular complexity index is 1150. The lowest BCUT2D eigenvalue weighted by molar-refractivity contribution is -0.177. The van der Waals surface area contributed by atoms with Crippen LogP contribution in [-0.2, 0) is 11.2 Å². The number of carbonyl (C=O) groups is 1. The van der Waals surface area contributed by atoms with E-state index in [9.17, 15) is 15.0 Å². The third kappa shape index (κ3) is 3.06. The predicted octanol–water partition coefficient (Wildman–Crippen LogP) is 4.05. The van der Waals surface area contributed by atoms with Crippen molar-refractivity contribution >= 4 is 23.6 Å². The highest BCUT2D eigenvalue weighted by Gasteiger charge is 2.68. The van der Waals surface area contributed by atoms with Gasteiger partial charge in [0.05, 0.1) is 28.8 Å². The van der Waals surface area contributed by atoms with Crippen molar-refractivity contribution in [2.45, 2.75) is 69.1 Å². The van der Waals surface area contributed by atoms with Crippen LogP contribution in [0.2, 0.25) is 0 Å². The molecule has 4 aliphatic carbocycles. The fraction of sp³-hybridized carbons (Fsp3) is 0.593. The van der Waals surface area contributed by atoms with Gasteiger partial charge in [-0.25, -0.2) is 4.98 Å². The maximum atomic E-state index is 13.5. The summed E-state index contributed by atoms with van der Waals surface area (Å²) in [5.74, 6) is 0.748. The summed E-state index contributed by atoms with van der Waals surface area (Å²) in [7, 11) is 0. The average molecular weight is 480 g/mol. The number of fused-ring (bicyclic) bond motifs is 6. The molecule has 3 N–H and O–H groups in total. The summed E-state index contributed by atoms with van der Waals surface area (Å²) in [6.07, 6.45) is 10.0. The Balaban J connectivity index is 1.28. The van der Waals surface area contributed by atoms with Crippen LogP contribution in [-0.4, -0.2) is 48.6 Å². The van der Waals surface area contributed by atoms with Crippen LogP contribution in [0.1, 0.15) is 57.2 Å². The monoisotopic (exact) mass is 479 g/mol. The number of thioether (sulfide) groups is 1. The Morgan fingerprint density at radius 3 is 2.94 bits per heavy atom. The van der Waals surface area contributed by atoms with Crippen LogP contribution in [0, 0.1) is 28.6 Å². The zero-order valence-electron chi connectivity index (χ0n) is 19.8. The maximum Gasteiger partial charge on any atom is 0.175 e. The summed E-state index contributed by atoms with van der Waals surface area (Å²) in [5, 5.41) is 31.7. The molecule has 2 aromatic rings. The first-order valence-corrected chi connectivity index (χ1v) is 13.5. The lowest BCUT2D eigenvalue weighted by Crippen LogP contribution is -2.62. The molecule has 0 aliphatic heterocycles. The second-order valence-electron chi connectivity index (χ2n) is 11.4. The summed E-state index contributed by atoms with van der Waals surface area (Å²) >= 11 is 1.38. The molecule has 0 spiro atoms. The number of hydrogen-bond donors (Lipinski definition) is 3. The largest absolute Gasteiger partial charge is 0.393 e. The van der Waals surface area contributed by atoms with E-state index in [0.717, 1.165) is 36.4 Å². The topological polar surface area (TPSA) is 99.1 Å². The molecular formula is C27H33N3O3S. The number of carbonyl (C=O) groups excluding carboxylic acids is 1. The smallest absolute Gasteiger partial charge is 0.175 e. The van der Waals surface area contributed by atoms with E-state index in [4.69, 9.17) is 0 Å². The molecule has 7 heteroatoms. The summed E-state index contributed by atoms with van der Waals surface area (Å²) in [6.45, 7) is 4.38. The van der Waals surface area contributed by atoms with Crippen LogP contribution in [0.3, 0.4) is 0 Å². The van der Waals surface area contributed by atoms with Crippen LogP contribution >= 0.6 is 11.8 Å². The van der Waals surface area contributed by atoms with Gasteiger partial charge in [-0.2, -0.15) is 5.10 Å². The Morgan fingerprint density at radius 2 is 2.15 bits per heavy atom. The number of aromatic nitrogens is 3. The van der Waals surface area contributed by atoms with Crippen molar-refractivity contribution in [1.82, 2.24) is 15.2 Å². The van der Waals surface area contributed by atoms with Gasteiger partial charge in [-0.05, 0) is 85.5 Å². The molecule has 3 saturated carbocycles. The Hall–Kier alpha value is -1.96. The van der Waals surface area contributed by atoms with Crippen LogP contribution in [0.4, 0.5) is 0 Å². The summed E-state index contributed by atoms with van der Waals surface area (Å²) < 4.78 is 0. The zero-order valence-corrected chi connectivity index (χ0v) is 20.6. The van der Waals surface area contributed by atoms with Gasteiger partial charge in [-0.3, -0.25) is 9.89 Å². The molecule has 2 heterocycles. The van der Waals surface area contributed by atoms with Crippen LogP contribution in [0.5, 0.6) is 0 Å². The molecule has 6 rings (SSSR count). The van der Waals surface area contributed by atoms with Gasteiger partial charge < -0.3 is 10.2 Å². The van der Waals surface area contributed by atoms with Crippen LogP contribution in [0.15, 0.2) is 41.2 Å². The Kier molecular flexibility index (Phi) is 5.14. The van der Waals surface area contributed by atoms with Crippen LogP contribution in [0.25, 0.3) is 6.08 Å². The molecule has 7 atom stereocenters. The molecule has 2 aromatic heterocycles. The van der Waals surface area contributed by atoms with E-state index in [-0.39, 0.29) is 28.8 Å². The highest BCUT2D eigenvalue weighted by atomic mass is 32.2. The normalized spacial score (nSPS) is 40.5. The van der Waals surface area contributed by atoms with Crippen molar-refractivity contribution in [1.29, 1.82) is 0 Å². The molecule has 4 aliphatic rings. The lowest BCUT2D eigenvalue weighted by atomic mass is 9.45. The number of rotatable bonds is 4. The van der Waals surface area contributed by atoms with Crippen molar-refractivity contribution < 1.29 is 15.0 Å². The van der Waals surface area contributed by atoms with E-state index in [2.05, 4.69) is 35.1 Å². The number of ketones is 1. The number of nitrogens with zero attached hydrogens (tertiary/aromatic N) is 2. The second-order valence-corrected chi connectivity index (χ2v) is 12.4. The van der Waals surface area contributed by atoms with E-state index in [0.29, 0.717) is 18.8 Å². The first-order chi connectivity index (χ1) is 16.3. The third-order valence-electron chi connectivity index (χ3n) is 9.90. The number of H-pyrrole nitrogens is 1. The molecule has 0 radical (unpaired) electrons. The summed E-state index contributed by atoms with van der Waals surface area (Å²) in [5.41, 5.74) is 1.61. The van der Waals surface area contributed by atoms with Crippen molar-refractivity contribution in [3.05, 3.63) is 47.4 Å². The van der Waals surface area contributed by atoms with Crippen molar-refractivity contribution in [3.8, 4) is 0 Å². The number of aromatic amines is 1. The molecular weight excluding hydrogens is 446 g/mol. The van der Waals surface area contributed by atoms with Gasteiger partial charge >= 0.3 is 0 Å². The molecule has 0 bridgehead atoms. The fourth-order valence-corrected chi connectivity index (χ4v) is 9.08. The minimum absolute atomic E-state index is 0.111. The molecule has 180 valence electrons. The highest BCUT2D eigenvalue weighted by molar-refractivity contribution is 7.99. The van der Waals surface area contributed by atoms with Crippen molar-refractivity contribution in [3.63, 3.8) is 0 Å². The van der Waals surface area contributed by atoms with Gasteiger partial charge in [0, 0.05) is 11.6 Å². The molecule has 0 saturated heterocycles. The first kappa shape index (κ1) is 22.5. The number of allylic oxidation sites excluding steroid dienone is 1. The minimum Gasteiger partial charge on any atom is -0.393 e. The number of nitrogens with one attached hydrogen (secondary N) is 1. The SMILES string of the molecule is CC12Cc3cn[nH]c3C=C1CCC1C2[C@@H](O)CC2(C)C1CC[C@]2(O)C(=O)CSc1ccccn1. The molecule has 5 unspecified atom stereocenters. The van der Waals surface area contributed by atoms with Gasteiger partial charge in [-0.15, -0.1) is 0 Å². The van der Waals surface area contributed by atoms with Gasteiger partial charge in [-0.1, -0.05) is 37.2 Å². The molecule has 0 amide bonds. The number of pyridine rings is 1. The minimum atomic E-state index is -1.40. The lowest BCUT2D eigenvalue weighted by Gasteiger charge is -2.60. The highest BCUT2D eigenvalue weighted by Crippen LogP contribution is 2.67. The summed E-state index contributed by atoms with van der Waals surface area (Å²) in [6, 6.07) is 5.65. The molecule has 6 nitrogen and oxygen atoms in total. The average Bonchev–Trinajstić information content (AvgIpc) is 3.37. The third-order valence-corrected chi connectivity index (χ3v) is 10.8. The van der Waals surface area contributed by atoms with Gasteiger partial charge in [0.2, 0.25) is 0 Å². The maximum absolute atomic E-state index is 13.5. The zero-order chi connectivity index (χ0) is 23.7. The fourth-order valence-electron chi connectivity index (χ4n) is 8.25. The standard InChI is InChI=1S/C27H33N3O3S/c1-25-12-16-14-29-30-20(16)11-17(25)6-7-18-19-8-9-27(33,26(19,2)13-21(31)24(18)25)22(32)15-34-23-5-3-4-10-28-23/h3-5,10-11,14,18-19,21,24,31,33H,6-9,12-13,15H2,1-2H3,(H,29,30)/t18?,19?,21-,24?,25?,26?,27-/m0/s1. The summed E-state index contributed by atoms with van der Waals surface area (Å²) in [4.78, 5) is 17.8. The van der Waals surface area contributed by atoms with E-state index in [1.807, 2.05) is 24.4 Å². The van der Waals surface area contributed by atoms with E-state index >= 15 is 0 Å². The van der Waals surface area contributed by atoms with Gasteiger partial charge in [0.15, 0.2) is 5.78 Å². The van der Waals surface area contributed by atoms with Crippen molar-refractivity contribution in [2.75, 3.05) is 5.75 Å². The molecule has 34 heavy (non-hydrogen) atoms. The van der Waals surface area contributed by atoms with E-state index < -0.39 is 17.1 Å². The van der Waals surface area contributed by atoms with E-state index in [1.165, 1.54) is 22.9 Å². The molecule has 0 aromatic carbocycles. The molecule has 3 fully saturated rings. The quantitative estimate of drug-likeness (QED) is 0.572. The van der Waals surface area contributed by atoms with E-state index in [1.54, 1.807) is 6.20 Å². The van der Waals surface area contributed by atoms with Crippen molar-refractivity contribution in [2.24, 2.45) is 28.6 Å². The number of aliphatic hydroxyl groups excluding tert-OH is 1. The van der Waals surface area contributed by atoms with Gasteiger partial charge in [0.25, 0.3) is 0 Å². The number of aliphatic hydroxyl groups is 2. The Labute approximate surface area is 204 Å². The second kappa shape index (κ2) is 7.77. The Morgan fingerprint density at radius 1 is 1.29 bits per heavy atom. The number of hydrogen-bond acceptors (Lipinski definition) is 6. The van der Waals surface area contributed by atoms with Crippen LogP contribution < -0.4 is 0 Å². The number of Topliss-reactive ketones (excluding diaryl/α,β-unsaturated/α-hetero) is 1. The van der Waals surface area contributed by atoms with Gasteiger partial charge in [0.1, 0.15) is 5.60 Å².